The van der Waals surface area contributed by atoms with Gasteiger partial charge in [0.25, 0.3) is 0 Å². The van der Waals surface area contributed by atoms with Crippen molar-refractivity contribution in [1.29, 1.82) is 0 Å². The van der Waals surface area contributed by atoms with Crippen molar-refractivity contribution in [2.24, 2.45) is 5.92 Å². The maximum absolute atomic E-state index is 12.3. The second-order valence-electron chi connectivity index (χ2n) is 5.53. The lowest BCUT2D eigenvalue weighted by atomic mass is 9.70. The van der Waals surface area contributed by atoms with E-state index in [4.69, 9.17) is 0 Å². The van der Waals surface area contributed by atoms with Crippen LogP contribution in [0.5, 0.6) is 0 Å². The summed E-state index contributed by atoms with van der Waals surface area (Å²) in [5, 5.41) is 3.47. The zero-order valence-corrected chi connectivity index (χ0v) is 10.5. The molecule has 2 nitrogen and oxygen atoms in total. The minimum Gasteiger partial charge on any atom is -0.316 e. The molecule has 2 aliphatic rings. The highest BCUT2D eigenvalue weighted by Crippen LogP contribution is 2.40. The smallest absolute Gasteiger partial charge is 0.163 e. The summed E-state index contributed by atoms with van der Waals surface area (Å²) in [5.41, 5.74) is 4.76. The Kier molecular flexibility index (Phi) is 2.55. The fourth-order valence-corrected chi connectivity index (χ4v) is 3.54. The van der Waals surface area contributed by atoms with Crippen LogP contribution in [-0.4, -0.2) is 18.9 Å². The molecule has 3 rings (SSSR count). The van der Waals surface area contributed by atoms with Gasteiger partial charge in [0.2, 0.25) is 0 Å². The number of Topliss-reactive ketones (excluding diaryl/α,β-unsaturated/α-hetero) is 1. The van der Waals surface area contributed by atoms with Crippen molar-refractivity contribution in [3.63, 3.8) is 0 Å². The number of fused-ring (bicyclic) bond motifs is 3. The van der Waals surface area contributed by atoms with E-state index in [2.05, 4.69) is 31.3 Å². The van der Waals surface area contributed by atoms with Gasteiger partial charge >= 0.3 is 0 Å². The Bertz CT molecular complexity index is 478. The van der Waals surface area contributed by atoms with Crippen LogP contribution in [0.2, 0.25) is 0 Å². The lowest BCUT2D eigenvalue weighted by Gasteiger charge is -2.37. The third-order valence-corrected chi connectivity index (χ3v) is 4.26. The standard InChI is InChI=1S/C15H19NO/c1-9-5-10(2)15-12(6-9)13-8-16-4-3-11(13)7-14(15)17/h5-6,11,13,16H,3-4,7-8H2,1-2H3. The second kappa shape index (κ2) is 3.95. The molecule has 1 saturated heterocycles. The molecule has 1 fully saturated rings. The van der Waals surface area contributed by atoms with Gasteiger partial charge in [-0.1, -0.05) is 17.7 Å². The Balaban J connectivity index is 2.15. The molecule has 0 radical (unpaired) electrons. The molecule has 0 aromatic heterocycles. The molecule has 0 amide bonds. The number of rotatable bonds is 0. The van der Waals surface area contributed by atoms with E-state index in [0.717, 1.165) is 37.1 Å². The summed E-state index contributed by atoms with van der Waals surface area (Å²) in [5.74, 6) is 1.48. The van der Waals surface area contributed by atoms with Crippen molar-refractivity contribution in [2.75, 3.05) is 13.1 Å². The average Bonchev–Trinajstić information content (AvgIpc) is 2.28. The molecule has 17 heavy (non-hydrogen) atoms. The molecular formula is C15H19NO. The van der Waals surface area contributed by atoms with Crippen LogP contribution in [0.15, 0.2) is 12.1 Å². The highest BCUT2D eigenvalue weighted by Gasteiger charge is 2.36. The van der Waals surface area contributed by atoms with Crippen LogP contribution >= 0.6 is 0 Å². The molecule has 1 heterocycles. The fourth-order valence-electron chi connectivity index (χ4n) is 3.54. The van der Waals surface area contributed by atoms with Crippen LogP contribution < -0.4 is 5.32 Å². The van der Waals surface area contributed by atoms with E-state index in [9.17, 15) is 4.79 Å². The monoisotopic (exact) mass is 229 g/mol. The summed E-state index contributed by atoms with van der Waals surface area (Å²) in [4.78, 5) is 12.3. The summed E-state index contributed by atoms with van der Waals surface area (Å²) >= 11 is 0. The number of carbonyl (C=O) groups excluding carboxylic acids is 1. The highest BCUT2D eigenvalue weighted by molar-refractivity contribution is 6.00. The normalized spacial score (nSPS) is 27.5. The van der Waals surface area contributed by atoms with Crippen LogP contribution in [0, 0.1) is 19.8 Å². The molecule has 0 spiro atoms. The SMILES string of the molecule is Cc1cc(C)c2c(c1)C1CNCCC1CC2=O. The van der Waals surface area contributed by atoms with Gasteiger partial charge < -0.3 is 5.32 Å². The molecule has 2 unspecified atom stereocenters. The van der Waals surface area contributed by atoms with Gasteiger partial charge in [-0.25, -0.2) is 0 Å². The molecule has 2 atom stereocenters. The van der Waals surface area contributed by atoms with Gasteiger partial charge in [-0.15, -0.1) is 0 Å². The van der Waals surface area contributed by atoms with Crippen LogP contribution in [0.4, 0.5) is 0 Å². The van der Waals surface area contributed by atoms with Gasteiger partial charge in [0, 0.05) is 24.4 Å². The molecule has 1 N–H and O–H groups in total. The maximum Gasteiger partial charge on any atom is 0.163 e. The number of ketones is 1. The minimum absolute atomic E-state index is 0.362. The number of nitrogens with one attached hydrogen (secondary N) is 1. The topological polar surface area (TPSA) is 29.1 Å². The van der Waals surface area contributed by atoms with Gasteiger partial charge in [-0.05, 0) is 43.9 Å². The van der Waals surface area contributed by atoms with Gasteiger partial charge in [0.15, 0.2) is 5.78 Å². The lowest BCUT2D eigenvalue weighted by Crippen LogP contribution is -2.39. The van der Waals surface area contributed by atoms with E-state index in [1.165, 1.54) is 11.1 Å². The summed E-state index contributed by atoms with van der Waals surface area (Å²) < 4.78 is 0. The molecule has 0 bridgehead atoms. The van der Waals surface area contributed by atoms with E-state index in [-0.39, 0.29) is 0 Å². The number of benzene rings is 1. The zero-order chi connectivity index (χ0) is 12.0. The van der Waals surface area contributed by atoms with Gasteiger partial charge in [-0.2, -0.15) is 0 Å². The Morgan fingerprint density at radius 3 is 2.94 bits per heavy atom. The predicted molar refractivity (Wildman–Crippen MR) is 68.6 cm³/mol. The molecule has 1 aromatic carbocycles. The summed E-state index contributed by atoms with van der Waals surface area (Å²) in [7, 11) is 0. The Morgan fingerprint density at radius 1 is 1.29 bits per heavy atom. The number of carbonyl (C=O) groups is 1. The predicted octanol–water partition coefficient (Wildman–Crippen LogP) is 2.58. The number of piperidine rings is 1. The maximum atomic E-state index is 12.3. The van der Waals surface area contributed by atoms with E-state index in [0.29, 0.717) is 17.6 Å². The van der Waals surface area contributed by atoms with Crippen molar-refractivity contribution in [3.05, 3.63) is 34.4 Å². The average molecular weight is 229 g/mol. The van der Waals surface area contributed by atoms with Crippen LogP contribution in [0.1, 0.15) is 45.8 Å². The van der Waals surface area contributed by atoms with E-state index in [1.807, 2.05) is 0 Å². The van der Waals surface area contributed by atoms with Gasteiger partial charge in [0.05, 0.1) is 0 Å². The quantitative estimate of drug-likeness (QED) is 0.741. The number of hydrogen-bond acceptors (Lipinski definition) is 2. The largest absolute Gasteiger partial charge is 0.316 e. The molecular weight excluding hydrogens is 210 g/mol. The Labute approximate surface area is 102 Å². The van der Waals surface area contributed by atoms with Gasteiger partial charge in [-0.3, -0.25) is 4.79 Å². The minimum atomic E-state index is 0.362. The summed E-state index contributed by atoms with van der Waals surface area (Å²) in [6, 6.07) is 4.36. The molecule has 1 aliphatic heterocycles. The van der Waals surface area contributed by atoms with Gasteiger partial charge in [0.1, 0.15) is 0 Å². The third-order valence-electron chi connectivity index (χ3n) is 4.26. The van der Waals surface area contributed by atoms with E-state index < -0.39 is 0 Å². The zero-order valence-electron chi connectivity index (χ0n) is 10.5. The first-order chi connectivity index (χ1) is 8.16. The molecule has 90 valence electrons. The lowest BCUT2D eigenvalue weighted by molar-refractivity contribution is 0.0923. The molecule has 1 aromatic rings. The Hall–Kier alpha value is -1.15. The second-order valence-corrected chi connectivity index (χ2v) is 5.53. The first-order valence-electron chi connectivity index (χ1n) is 6.52. The van der Waals surface area contributed by atoms with Crippen molar-refractivity contribution in [3.8, 4) is 0 Å². The van der Waals surface area contributed by atoms with Crippen molar-refractivity contribution < 1.29 is 4.79 Å². The molecule has 0 saturated carbocycles. The van der Waals surface area contributed by atoms with Crippen molar-refractivity contribution in [1.82, 2.24) is 5.32 Å². The van der Waals surface area contributed by atoms with E-state index >= 15 is 0 Å². The van der Waals surface area contributed by atoms with Crippen LogP contribution in [0.25, 0.3) is 0 Å². The third kappa shape index (κ3) is 1.71. The van der Waals surface area contributed by atoms with Crippen LogP contribution in [0.3, 0.4) is 0 Å². The fraction of sp³-hybridized carbons (Fsp3) is 0.533. The Morgan fingerprint density at radius 2 is 2.12 bits per heavy atom. The first-order valence-corrected chi connectivity index (χ1v) is 6.52. The van der Waals surface area contributed by atoms with E-state index in [1.54, 1.807) is 0 Å². The van der Waals surface area contributed by atoms with Crippen LogP contribution in [-0.2, 0) is 0 Å². The highest BCUT2D eigenvalue weighted by atomic mass is 16.1. The molecule has 2 heteroatoms. The first kappa shape index (κ1) is 11.0. The van der Waals surface area contributed by atoms with Crippen molar-refractivity contribution in [2.45, 2.75) is 32.6 Å². The van der Waals surface area contributed by atoms with Crippen molar-refractivity contribution >= 4 is 5.78 Å². The summed E-state index contributed by atoms with van der Waals surface area (Å²) in [6.07, 6.45) is 1.89. The number of aryl methyl sites for hydroxylation is 2. The number of hydrogen-bond donors (Lipinski definition) is 1. The summed E-state index contributed by atoms with van der Waals surface area (Å²) in [6.45, 7) is 6.29. The molecule has 1 aliphatic carbocycles.